The highest BCUT2D eigenvalue weighted by Crippen LogP contribution is 2.64. The summed E-state index contributed by atoms with van der Waals surface area (Å²) in [7, 11) is 0. The summed E-state index contributed by atoms with van der Waals surface area (Å²) in [4.78, 5) is 37.1. The van der Waals surface area contributed by atoms with Gasteiger partial charge in [-0.15, -0.1) is 0 Å². The molecule has 1 aliphatic heterocycles. The highest BCUT2D eigenvalue weighted by molar-refractivity contribution is 5.77. The number of rotatable bonds is 10. The van der Waals surface area contributed by atoms with Crippen molar-refractivity contribution in [2.45, 2.75) is 122 Å². The Labute approximate surface area is 246 Å². The van der Waals surface area contributed by atoms with Crippen molar-refractivity contribution < 1.29 is 56.3 Å². The SMILES string of the molecule is CCC(C)(C)OC(=O)OCC1(COC(=O)OC(C)(C)CC)COC2(OC1)C1CC3CC2CC(OC(=O)C(C)(F)F)(C3)C1. The van der Waals surface area contributed by atoms with E-state index in [-0.39, 0.29) is 44.2 Å². The van der Waals surface area contributed by atoms with Gasteiger partial charge in [0, 0.05) is 18.8 Å². The predicted octanol–water partition coefficient (Wildman–Crippen LogP) is 6.18. The zero-order valence-corrected chi connectivity index (χ0v) is 25.8. The standard InChI is InChI=1S/C30H46F2O10/c1-8-25(3,4)41-23(34)36-15-28(16-37-24(35)42-26(5,6)9-2)17-38-30(39-18-28)20-10-19-11-21(30)14-29(12-19,13-20)40-22(33)27(7,31)32/h19-21H,8-18H2,1-7H3. The van der Waals surface area contributed by atoms with E-state index in [4.69, 9.17) is 33.2 Å². The lowest BCUT2D eigenvalue weighted by Gasteiger charge is -2.65. The number of hydrogen-bond acceptors (Lipinski definition) is 10. The van der Waals surface area contributed by atoms with Crippen LogP contribution in [0.4, 0.5) is 18.4 Å². The van der Waals surface area contributed by atoms with E-state index in [0.717, 1.165) is 12.8 Å². The lowest BCUT2D eigenvalue weighted by atomic mass is 9.51. The molecule has 1 spiro atoms. The van der Waals surface area contributed by atoms with E-state index in [1.165, 1.54) is 0 Å². The first kappa shape index (κ1) is 32.7. The Bertz CT molecular complexity index is 974. The summed E-state index contributed by atoms with van der Waals surface area (Å²) < 4.78 is 67.7. The van der Waals surface area contributed by atoms with E-state index >= 15 is 0 Å². The summed E-state index contributed by atoms with van der Waals surface area (Å²) >= 11 is 0. The van der Waals surface area contributed by atoms with E-state index < -0.39 is 52.2 Å². The second-order valence-electron chi connectivity index (χ2n) is 14.1. The smallest absolute Gasteiger partial charge is 0.455 e. The first-order valence-electron chi connectivity index (χ1n) is 15.0. The quantitative estimate of drug-likeness (QED) is 0.212. The molecule has 0 amide bonds. The maximum atomic E-state index is 13.7. The minimum Gasteiger partial charge on any atom is -0.455 e. The molecule has 5 aliphatic rings. The van der Waals surface area contributed by atoms with Crippen LogP contribution in [0.1, 0.15) is 93.4 Å². The molecule has 0 aromatic rings. The maximum Gasteiger partial charge on any atom is 0.508 e. The van der Waals surface area contributed by atoms with Gasteiger partial charge in [0.1, 0.15) is 30.0 Å². The zero-order chi connectivity index (χ0) is 31.2. The van der Waals surface area contributed by atoms with Gasteiger partial charge in [-0.05, 0) is 78.6 Å². The average Bonchev–Trinajstić information content (AvgIpc) is 2.89. The molecule has 0 radical (unpaired) electrons. The molecule has 2 unspecified atom stereocenters. The van der Waals surface area contributed by atoms with Gasteiger partial charge >= 0.3 is 24.2 Å². The highest BCUT2D eigenvalue weighted by atomic mass is 19.3. The first-order valence-corrected chi connectivity index (χ1v) is 15.0. The van der Waals surface area contributed by atoms with Crippen molar-refractivity contribution in [2.24, 2.45) is 23.2 Å². The number of ether oxygens (including phenoxy) is 7. The molecule has 1 saturated heterocycles. The third kappa shape index (κ3) is 6.95. The Morgan fingerprint density at radius 3 is 1.64 bits per heavy atom. The molecule has 10 nitrogen and oxygen atoms in total. The summed E-state index contributed by atoms with van der Waals surface area (Å²) in [5, 5.41) is 0. The van der Waals surface area contributed by atoms with Gasteiger partial charge in [-0.3, -0.25) is 0 Å². The fourth-order valence-electron chi connectivity index (χ4n) is 6.64. The van der Waals surface area contributed by atoms with Crippen molar-refractivity contribution in [2.75, 3.05) is 26.4 Å². The average molecular weight is 605 g/mol. The van der Waals surface area contributed by atoms with Crippen LogP contribution in [0.2, 0.25) is 0 Å². The fraction of sp³-hybridized carbons (Fsp3) is 0.900. The van der Waals surface area contributed by atoms with Crippen molar-refractivity contribution in [1.29, 1.82) is 0 Å². The molecule has 4 saturated carbocycles. The van der Waals surface area contributed by atoms with Crippen LogP contribution in [-0.2, 0) is 38.0 Å². The Morgan fingerprint density at radius 1 is 0.786 bits per heavy atom. The third-order valence-electron chi connectivity index (χ3n) is 9.56. The van der Waals surface area contributed by atoms with E-state index in [9.17, 15) is 23.2 Å². The Hall–Kier alpha value is -2.21. The van der Waals surface area contributed by atoms with Crippen LogP contribution in [0.3, 0.4) is 0 Å². The van der Waals surface area contributed by atoms with E-state index in [0.29, 0.717) is 39.0 Å². The lowest BCUT2D eigenvalue weighted by Crippen LogP contribution is -2.69. The lowest BCUT2D eigenvalue weighted by molar-refractivity contribution is -0.397. The summed E-state index contributed by atoms with van der Waals surface area (Å²) in [5.74, 6) is -6.21. The minimum atomic E-state index is -3.57. The van der Waals surface area contributed by atoms with E-state index in [1.54, 1.807) is 27.7 Å². The van der Waals surface area contributed by atoms with Gasteiger partial charge in [-0.1, -0.05) is 13.8 Å². The van der Waals surface area contributed by atoms with Gasteiger partial charge in [-0.25, -0.2) is 14.4 Å². The molecule has 12 heteroatoms. The fourth-order valence-corrected chi connectivity index (χ4v) is 6.64. The summed E-state index contributed by atoms with van der Waals surface area (Å²) in [6.45, 7) is 11.1. The van der Waals surface area contributed by atoms with Crippen molar-refractivity contribution in [3.63, 3.8) is 0 Å². The molecule has 240 valence electrons. The molecule has 0 aromatic carbocycles. The Kier molecular flexibility index (Phi) is 8.85. The van der Waals surface area contributed by atoms with Crippen LogP contribution in [-0.4, -0.2) is 73.2 Å². The van der Waals surface area contributed by atoms with Crippen LogP contribution >= 0.6 is 0 Å². The molecule has 4 bridgehead atoms. The molecule has 5 fully saturated rings. The van der Waals surface area contributed by atoms with Crippen molar-refractivity contribution in [3.05, 3.63) is 0 Å². The Balaban J connectivity index is 1.46. The molecular formula is C30H46F2O10. The topological polar surface area (TPSA) is 116 Å². The molecule has 0 aromatic heterocycles. The van der Waals surface area contributed by atoms with E-state index in [2.05, 4.69) is 0 Å². The van der Waals surface area contributed by atoms with Crippen molar-refractivity contribution >= 4 is 18.3 Å². The van der Waals surface area contributed by atoms with Gasteiger partial charge in [0.15, 0.2) is 5.79 Å². The molecule has 1 heterocycles. The van der Waals surface area contributed by atoms with Gasteiger partial charge in [-0.2, -0.15) is 8.78 Å². The largest absolute Gasteiger partial charge is 0.508 e. The zero-order valence-electron chi connectivity index (χ0n) is 25.8. The van der Waals surface area contributed by atoms with Crippen molar-refractivity contribution in [3.8, 4) is 0 Å². The number of hydrogen-bond donors (Lipinski definition) is 0. The van der Waals surface area contributed by atoms with Crippen LogP contribution < -0.4 is 0 Å². The molecule has 42 heavy (non-hydrogen) atoms. The number of carbonyl (C=O) groups is 3. The van der Waals surface area contributed by atoms with Gasteiger partial charge in [0.05, 0.1) is 18.6 Å². The summed E-state index contributed by atoms with van der Waals surface area (Å²) in [5.41, 5.74) is -3.45. The monoisotopic (exact) mass is 604 g/mol. The number of alkyl halides is 2. The predicted molar refractivity (Wildman–Crippen MR) is 144 cm³/mol. The molecule has 0 N–H and O–H groups in total. The van der Waals surface area contributed by atoms with Crippen LogP contribution in [0.25, 0.3) is 0 Å². The van der Waals surface area contributed by atoms with Crippen LogP contribution in [0, 0.1) is 23.2 Å². The maximum absolute atomic E-state index is 13.7. The van der Waals surface area contributed by atoms with Gasteiger partial charge in [0.2, 0.25) is 0 Å². The molecular weight excluding hydrogens is 558 g/mol. The van der Waals surface area contributed by atoms with Crippen LogP contribution in [0.15, 0.2) is 0 Å². The van der Waals surface area contributed by atoms with Gasteiger partial charge < -0.3 is 33.2 Å². The van der Waals surface area contributed by atoms with Crippen LogP contribution in [0.5, 0.6) is 0 Å². The summed E-state index contributed by atoms with van der Waals surface area (Å²) in [6, 6.07) is 0. The van der Waals surface area contributed by atoms with E-state index in [1.807, 2.05) is 13.8 Å². The first-order chi connectivity index (χ1) is 19.4. The number of esters is 1. The number of carbonyl (C=O) groups excluding carboxylic acids is 3. The molecule has 4 aliphatic carbocycles. The van der Waals surface area contributed by atoms with Crippen molar-refractivity contribution in [1.82, 2.24) is 0 Å². The number of halogens is 2. The molecule has 2 atom stereocenters. The normalized spacial score (nSPS) is 29.6. The summed E-state index contributed by atoms with van der Waals surface area (Å²) in [6.07, 6.45) is 2.24. The van der Waals surface area contributed by atoms with Gasteiger partial charge in [0.25, 0.3) is 0 Å². The second kappa shape index (κ2) is 11.4. The molecule has 5 rings (SSSR count). The Morgan fingerprint density at radius 2 is 1.24 bits per heavy atom. The highest BCUT2D eigenvalue weighted by Gasteiger charge is 2.67. The minimum absolute atomic E-state index is 0.0411. The second-order valence-corrected chi connectivity index (χ2v) is 14.1. The third-order valence-corrected chi connectivity index (χ3v) is 9.56.